The van der Waals surface area contributed by atoms with Crippen LogP contribution in [0.3, 0.4) is 0 Å². The van der Waals surface area contributed by atoms with Crippen molar-refractivity contribution in [2.45, 2.75) is 18.1 Å². The lowest BCUT2D eigenvalue weighted by atomic mass is 10.1. The molecular formula is C19H15Cl2F3N4O3S. The number of hydrogen-bond donors (Lipinski definition) is 2. The minimum absolute atomic E-state index is 0.0983. The molecule has 0 radical (unpaired) electrons. The number of imidazole rings is 1. The molecular weight excluding hydrogens is 492 g/mol. The van der Waals surface area contributed by atoms with Gasteiger partial charge in [0, 0.05) is 18.3 Å². The summed E-state index contributed by atoms with van der Waals surface area (Å²) in [7, 11) is -2.52. The first-order valence-corrected chi connectivity index (χ1v) is 11.0. The molecule has 1 aromatic heterocycles. The third-order valence-corrected chi connectivity index (χ3v) is 6.16. The van der Waals surface area contributed by atoms with Gasteiger partial charge in [0.05, 0.1) is 27.5 Å². The summed E-state index contributed by atoms with van der Waals surface area (Å²) >= 11 is 11.8. The molecule has 0 atom stereocenters. The quantitative estimate of drug-likeness (QED) is 0.502. The molecule has 0 aliphatic carbocycles. The minimum Gasteiger partial charge on any atom is -0.337 e. The van der Waals surface area contributed by atoms with Crippen molar-refractivity contribution >= 4 is 50.5 Å². The lowest BCUT2D eigenvalue weighted by molar-refractivity contribution is -0.137. The fraction of sp³-hybridized carbons (Fsp3) is 0.158. The Labute approximate surface area is 191 Å². The highest BCUT2D eigenvalue weighted by atomic mass is 35.5. The van der Waals surface area contributed by atoms with Crippen LogP contribution in [0.5, 0.6) is 0 Å². The summed E-state index contributed by atoms with van der Waals surface area (Å²) in [5.41, 5.74) is -1.37. The summed E-state index contributed by atoms with van der Waals surface area (Å²) < 4.78 is 67.6. The molecule has 1 amide bonds. The Morgan fingerprint density at radius 3 is 2.31 bits per heavy atom. The number of nitrogens with zero attached hydrogens (tertiary/aromatic N) is 2. The van der Waals surface area contributed by atoms with E-state index < -0.39 is 27.7 Å². The number of benzene rings is 2. The smallest absolute Gasteiger partial charge is 0.337 e. The molecule has 0 spiro atoms. The second-order valence-corrected chi connectivity index (χ2v) is 9.15. The lowest BCUT2D eigenvalue weighted by Gasteiger charge is -2.14. The molecule has 1 heterocycles. The third-order valence-electron chi connectivity index (χ3n) is 4.38. The Bertz CT molecular complexity index is 1290. The van der Waals surface area contributed by atoms with Crippen LogP contribution in [0.25, 0.3) is 0 Å². The van der Waals surface area contributed by atoms with E-state index in [2.05, 4.69) is 15.0 Å². The van der Waals surface area contributed by atoms with Crippen molar-refractivity contribution in [1.29, 1.82) is 0 Å². The van der Waals surface area contributed by atoms with Crippen LogP contribution >= 0.6 is 23.2 Å². The lowest BCUT2D eigenvalue weighted by Crippen LogP contribution is -2.19. The fourth-order valence-electron chi connectivity index (χ4n) is 2.63. The topological polar surface area (TPSA) is 93.1 Å². The van der Waals surface area contributed by atoms with Gasteiger partial charge >= 0.3 is 6.18 Å². The number of carbonyl (C=O) groups is 1. The molecule has 3 aromatic rings. The normalized spacial score (nSPS) is 12.0. The number of sulfonamides is 1. The maximum absolute atomic E-state index is 12.8. The molecule has 2 N–H and O–H groups in total. The molecule has 0 unspecified atom stereocenters. The molecule has 2 aromatic carbocycles. The van der Waals surface area contributed by atoms with Crippen molar-refractivity contribution in [3.63, 3.8) is 0 Å². The summed E-state index contributed by atoms with van der Waals surface area (Å²) in [5.74, 6) is -0.388. The number of alkyl halides is 3. The summed E-state index contributed by atoms with van der Waals surface area (Å²) in [6.07, 6.45) is -3.30. The van der Waals surface area contributed by atoms with Gasteiger partial charge in [0.2, 0.25) is 0 Å². The highest BCUT2D eigenvalue weighted by Crippen LogP contribution is 2.34. The Balaban J connectivity index is 1.92. The van der Waals surface area contributed by atoms with E-state index in [-0.39, 0.29) is 32.0 Å². The second-order valence-electron chi connectivity index (χ2n) is 6.68. The largest absolute Gasteiger partial charge is 0.416 e. The van der Waals surface area contributed by atoms with Crippen LogP contribution in [0.2, 0.25) is 10.0 Å². The van der Waals surface area contributed by atoms with Crippen LogP contribution in [0.1, 0.15) is 21.7 Å². The van der Waals surface area contributed by atoms with Gasteiger partial charge in [-0.3, -0.25) is 9.52 Å². The van der Waals surface area contributed by atoms with Gasteiger partial charge in [-0.05, 0) is 43.3 Å². The highest BCUT2D eigenvalue weighted by molar-refractivity contribution is 7.92. The molecule has 7 nitrogen and oxygen atoms in total. The van der Waals surface area contributed by atoms with Gasteiger partial charge in [0.15, 0.2) is 5.03 Å². The Morgan fingerprint density at radius 1 is 1.09 bits per heavy atom. The van der Waals surface area contributed by atoms with Crippen LogP contribution in [-0.4, -0.2) is 23.9 Å². The molecule has 32 heavy (non-hydrogen) atoms. The van der Waals surface area contributed by atoms with Crippen LogP contribution in [0.15, 0.2) is 47.6 Å². The van der Waals surface area contributed by atoms with E-state index in [0.29, 0.717) is 11.9 Å². The third kappa shape index (κ3) is 5.17. The van der Waals surface area contributed by atoms with Crippen molar-refractivity contribution in [3.8, 4) is 0 Å². The molecule has 0 aliphatic rings. The van der Waals surface area contributed by atoms with Gasteiger partial charge in [-0.1, -0.05) is 23.2 Å². The maximum atomic E-state index is 12.8. The molecule has 0 saturated carbocycles. The number of aryl methyl sites for hydroxylation is 2. The Hall–Kier alpha value is -2.76. The first-order chi connectivity index (χ1) is 14.8. The van der Waals surface area contributed by atoms with Crippen molar-refractivity contribution < 1.29 is 26.4 Å². The summed E-state index contributed by atoms with van der Waals surface area (Å²) in [5, 5.41) is 1.88. The number of anilines is 2. The van der Waals surface area contributed by atoms with E-state index >= 15 is 0 Å². The maximum Gasteiger partial charge on any atom is 0.416 e. The van der Waals surface area contributed by atoms with E-state index in [9.17, 15) is 26.4 Å². The molecule has 0 aliphatic heterocycles. The van der Waals surface area contributed by atoms with Gasteiger partial charge in [-0.2, -0.15) is 21.6 Å². The second kappa shape index (κ2) is 8.64. The molecule has 0 bridgehead atoms. The molecule has 13 heteroatoms. The van der Waals surface area contributed by atoms with Crippen molar-refractivity contribution in [2.75, 3.05) is 10.0 Å². The van der Waals surface area contributed by atoms with Crippen LogP contribution in [-0.2, 0) is 23.2 Å². The minimum atomic E-state index is -4.60. The average molecular weight is 507 g/mol. The predicted octanol–water partition coefficient (Wildman–Crippen LogP) is 5.11. The van der Waals surface area contributed by atoms with Crippen LogP contribution in [0.4, 0.5) is 24.5 Å². The number of nitrogens with one attached hydrogen (secondary N) is 2. The van der Waals surface area contributed by atoms with E-state index in [0.717, 1.165) is 12.1 Å². The Morgan fingerprint density at radius 2 is 1.75 bits per heavy atom. The summed E-state index contributed by atoms with van der Waals surface area (Å²) in [6.45, 7) is 1.62. The first-order valence-electron chi connectivity index (χ1n) is 8.78. The number of carbonyl (C=O) groups excluding carboxylic acids is 1. The van der Waals surface area contributed by atoms with Gasteiger partial charge in [0.25, 0.3) is 15.9 Å². The number of hydrogen-bond acceptors (Lipinski definition) is 4. The van der Waals surface area contributed by atoms with Crippen molar-refractivity contribution in [3.05, 3.63) is 69.6 Å². The zero-order valence-electron chi connectivity index (χ0n) is 16.5. The van der Waals surface area contributed by atoms with Crippen LogP contribution < -0.4 is 10.0 Å². The van der Waals surface area contributed by atoms with E-state index in [4.69, 9.17) is 23.2 Å². The number of rotatable bonds is 5. The van der Waals surface area contributed by atoms with Gasteiger partial charge in [-0.25, -0.2) is 4.98 Å². The van der Waals surface area contributed by atoms with Gasteiger partial charge in [0.1, 0.15) is 5.82 Å². The number of amides is 1. The predicted molar refractivity (Wildman–Crippen MR) is 115 cm³/mol. The van der Waals surface area contributed by atoms with Gasteiger partial charge in [-0.15, -0.1) is 0 Å². The molecule has 0 saturated heterocycles. The van der Waals surface area contributed by atoms with Crippen molar-refractivity contribution in [2.24, 2.45) is 7.05 Å². The van der Waals surface area contributed by atoms with E-state index in [1.165, 1.54) is 29.0 Å². The van der Waals surface area contributed by atoms with Gasteiger partial charge < -0.3 is 9.88 Å². The monoisotopic (exact) mass is 506 g/mol. The zero-order chi connectivity index (χ0) is 23.8. The number of halogens is 5. The van der Waals surface area contributed by atoms with Crippen molar-refractivity contribution in [1.82, 2.24) is 9.55 Å². The zero-order valence-corrected chi connectivity index (χ0v) is 18.8. The summed E-state index contributed by atoms with van der Waals surface area (Å²) in [4.78, 5) is 16.8. The molecule has 3 rings (SSSR count). The van der Waals surface area contributed by atoms with Crippen LogP contribution in [0, 0.1) is 6.92 Å². The fourth-order valence-corrected chi connectivity index (χ4v) is 4.15. The standard InChI is InChI=1S/C19H15Cl2F3N4O3S/c1-10-25-17(9-28(10)2)32(30,31)27-15-6-4-12(20)8-13(15)18(29)26-16-5-3-11(7-14(16)21)19(22,23)24/h3-9,27H,1-2H3,(H,26,29). The van der Waals surface area contributed by atoms with E-state index in [1.54, 1.807) is 14.0 Å². The Kier molecular flexibility index (Phi) is 6.45. The first kappa shape index (κ1) is 23.9. The SMILES string of the molecule is Cc1nc(S(=O)(=O)Nc2ccc(Cl)cc2C(=O)Nc2ccc(C(F)(F)F)cc2Cl)cn1C. The number of aromatic nitrogens is 2. The molecule has 170 valence electrons. The summed E-state index contributed by atoms with van der Waals surface area (Å²) in [6, 6.07) is 6.27. The highest BCUT2D eigenvalue weighted by Gasteiger charge is 2.31. The average Bonchev–Trinajstić information content (AvgIpc) is 3.03. The van der Waals surface area contributed by atoms with E-state index in [1.807, 2.05) is 0 Å². The molecule has 0 fully saturated rings.